The highest BCUT2D eigenvalue weighted by atomic mass is 16.4. The Hall–Kier alpha value is -1.78. The molecule has 1 aliphatic rings. The van der Waals surface area contributed by atoms with Gasteiger partial charge in [0.05, 0.1) is 6.26 Å². The quantitative estimate of drug-likeness (QED) is 0.754. The normalized spacial score (nSPS) is 18.4. The Balaban J connectivity index is 1.89. The highest BCUT2D eigenvalue weighted by Crippen LogP contribution is 2.46. The summed E-state index contributed by atoms with van der Waals surface area (Å²) in [6.45, 7) is 1.83. The van der Waals surface area contributed by atoms with E-state index >= 15 is 0 Å². The Bertz CT molecular complexity index is 420. The smallest absolute Gasteiger partial charge is 0.319 e. The molecule has 0 aromatic carbocycles. The van der Waals surface area contributed by atoms with Gasteiger partial charge in [-0.05, 0) is 31.9 Å². The van der Waals surface area contributed by atoms with Crippen LogP contribution in [-0.4, -0.2) is 23.0 Å². The minimum Gasteiger partial charge on any atom is -0.480 e. The maximum absolute atomic E-state index is 11.8. The van der Waals surface area contributed by atoms with Crippen LogP contribution in [0.25, 0.3) is 0 Å². The summed E-state index contributed by atoms with van der Waals surface area (Å²) in [7, 11) is 0. The van der Waals surface area contributed by atoms with E-state index in [9.17, 15) is 9.59 Å². The van der Waals surface area contributed by atoms with Crippen molar-refractivity contribution < 1.29 is 19.1 Å². The van der Waals surface area contributed by atoms with E-state index in [1.54, 1.807) is 12.3 Å². The summed E-state index contributed by atoms with van der Waals surface area (Å²) in [5.74, 6) is -0.637. The van der Waals surface area contributed by atoms with Crippen molar-refractivity contribution in [2.45, 2.75) is 32.2 Å². The number of carbonyl (C=O) groups excluding carboxylic acids is 1. The summed E-state index contributed by atoms with van der Waals surface area (Å²) in [4.78, 5) is 22.7. The van der Waals surface area contributed by atoms with Crippen LogP contribution in [-0.2, 0) is 16.0 Å². The molecule has 5 heteroatoms. The van der Waals surface area contributed by atoms with E-state index in [-0.39, 0.29) is 11.9 Å². The van der Waals surface area contributed by atoms with Crippen LogP contribution in [0.5, 0.6) is 0 Å². The molecule has 17 heavy (non-hydrogen) atoms. The van der Waals surface area contributed by atoms with Crippen molar-refractivity contribution in [2.24, 2.45) is 5.41 Å². The Morgan fingerprint density at radius 2 is 2.29 bits per heavy atom. The van der Waals surface area contributed by atoms with Gasteiger partial charge in [0, 0.05) is 12.5 Å². The molecule has 1 aliphatic carbocycles. The molecule has 1 amide bonds. The molecule has 0 bridgehead atoms. The van der Waals surface area contributed by atoms with Crippen molar-refractivity contribution in [3.8, 4) is 0 Å². The van der Waals surface area contributed by atoms with Crippen LogP contribution < -0.4 is 5.32 Å². The van der Waals surface area contributed by atoms with E-state index in [1.165, 1.54) is 0 Å². The predicted octanol–water partition coefficient (Wildman–Crippen LogP) is 1.19. The zero-order valence-electron chi connectivity index (χ0n) is 9.60. The molecular formula is C12H15NO4. The Morgan fingerprint density at radius 1 is 1.59 bits per heavy atom. The Kier molecular flexibility index (Phi) is 2.92. The zero-order chi connectivity index (χ0) is 12.5. The van der Waals surface area contributed by atoms with E-state index in [0.717, 1.165) is 5.76 Å². The SMILES string of the molecule is CC(Cc1ccco1)NC(=O)C1(C(=O)O)CC1. The number of carboxylic acids is 1. The molecule has 1 aromatic heterocycles. The van der Waals surface area contributed by atoms with Crippen molar-refractivity contribution >= 4 is 11.9 Å². The zero-order valence-corrected chi connectivity index (χ0v) is 9.60. The standard InChI is InChI=1S/C12H15NO4/c1-8(7-9-3-2-6-17-9)13-10(14)12(4-5-12)11(15)16/h2-3,6,8H,4-5,7H2,1H3,(H,13,14)(H,15,16). The van der Waals surface area contributed by atoms with Gasteiger partial charge >= 0.3 is 5.97 Å². The van der Waals surface area contributed by atoms with Gasteiger partial charge in [-0.15, -0.1) is 0 Å². The van der Waals surface area contributed by atoms with Gasteiger partial charge in [-0.1, -0.05) is 0 Å². The summed E-state index contributed by atoms with van der Waals surface area (Å²) in [6, 6.07) is 3.47. The second-order valence-corrected chi connectivity index (χ2v) is 4.55. The molecule has 1 unspecified atom stereocenters. The van der Waals surface area contributed by atoms with Crippen LogP contribution in [0, 0.1) is 5.41 Å². The molecule has 92 valence electrons. The number of furan rings is 1. The molecule has 0 aliphatic heterocycles. The minimum atomic E-state index is -1.17. The fraction of sp³-hybridized carbons (Fsp3) is 0.500. The largest absolute Gasteiger partial charge is 0.480 e. The van der Waals surface area contributed by atoms with Crippen LogP contribution in [0.1, 0.15) is 25.5 Å². The first-order valence-corrected chi connectivity index (χ1v) is 5.61. The lowest BCUT2D eigenvalue weighted by molar-refractivity contribution is -0.149. The van der Waals surface area contributed by atoms with E-state index in [4.69, 9.17) is 9.52 Å². The van der Waals surface area contributed by atoms with Gasteiger partial charge < -0.3 is 14.8 Å². The minimum absolute atomic E-state index is 0.134. The molecule has 1 aromatic rings. The van der Waals surface area contributed by atoms with Crippen molar-refractivity contribution in [3.63, 3.8) is 0 Å². The number of carbonyl (C=O) groups is 2. The van der Waals surface area contributed by atoms with Gasteiger partial charge in [0.25, 0.3) is 0 Å². The summed E-state index contributed by atoms with van der Waals surface area (Å²) in [5.41, 5.74) is -1.17. The third-order valence-corrected chi connectivity index (χ3v) is 3.06. The second kappa shape index (κ2) is 4.24. The Labute approximate surface area is 98.8 Å². The number of hydrogen-bond donors (Lipinski definition) is 2. The van der Waals surface area contributed by atoms with E-state index in [0.29, 0.717) is 19.3 Å². The van der Waals surface area contributed by atoms with Gasteiger partial charge in [0.2, 0.25) is 5.91 Å². The third-order valence-electron chi connectivity index (χ3n) is 3.06. The molecule has 1 fully saturated rings. The van der Waals surface area contributed by atoms with E-state index in [2.05, 4.69) is 5.32 Å². The maximum atomic E-state index is 11.8. The average molecular weight is 237 g/mol. The first-order valence-electron chi connectivity index (χ1n) is 5.61. The monoisotopic (exact) mass is 237 g/mol. The number of aliphatic carboxylic acids is 1. The fourth-order valence-corrected chi connectivity index (χ4v) is 1.81. The fourth-order valence-electron chi connectivity index (χ4n) is 1.81. The van der Waals surface area contributed by atoms with Gasteiger partial charge in [-0.3, -0.25) is 9.59 Å². The van der Waals surface area contributed by atoms with Crippen LogP contribution in [0.3, 0.4) is 0 Å². The van der Waals surface area contributed by atoms with E-state index < -0.39 is 11.4 Å². The average Bonchev–Trinajstić information content (AvgIpc) is 2.93. The van der Waals surface area contributed by atoms with E-state index in [1.807, 2.05) is 13.0 Å². The van der Waals surface area contributed by atoms with Gasteiger partial charge in [-0.2, -0.15) is 0 Å². The number of amides is 1. The molecular weight excluding hydrogens is 222 g/mol. The van der Waals surface area contributed by atoms with Crippen LogP contribution in [0.4, 0.5) is 0 Å². The van der Waals surface area contributed by atoms with Crippen LogP contribution >= 0.6 is 0 Å². The lowest BCUT2D eigenvalue weighted by Crippen LogP contribution is -2.42. The van der Waals surface area contributed by atoms with Crippen molar-refractivity contribution in [1.29, 1.82) is 0 Å². The number of carboxylic acid groups (broad SMARTS) is 1. The third kappa shape index (κ3) is 2.33. The predicted molar refractivity (Wildman–Crippen MR) is 59.3 cm³/mol. The molecule has 0 spiro atoms. The number of nitrogens with one attached hydrogen (secondary N) is 1. The summed E-state index contributed by atoms with van der Waals surface area (Å²) in [6.07, 6.45) is 3.00. The molecule has 0 radical (unpaired) electrons. The first kappa shape index (κ1) is 11.7. The van der Waals surface area contributed by atoms with Gasteiger partial charge in [-0.25, -0.2) is 0 Å². The molecule has 5 nitrogen and oxygen atoms in total. The lowest BCUT2D eigenvalue weighted by atomic mass is 10.1. The summed E-state index contributed by atoms with van der Waals surface area (Å²) >= 11 is 0. The Morgan fingerprint density at radius 3 is 2.76 bits per heavy atom. The van der Waals surface area contributed by atoms with Crippen molar-refractivity contribution in [3.05, 3.63) is 24.2 Å². The molecule has 0 saturated heterocycles. The lowest BCUT2D eigenvalue weighted by Gasteiger charge is -2.16. The topological polar surface area (TPSA) is 79.5 Å². The van der Waals surface area contributed by atoms with Crippen molar-refractivity contribution in [1.82, 2.24) is 5.32 Å². The van der Waals surface area contributed by atoms with Crippen molar-refractivity contribution in [2.75, 3.05) is 0 Å². The highest BCUT2D eigenvalue weighted by molar-refractivity contribution is 6.04. The van der Waals surface area contributed by atoms with Gasteiger partial charge in [0.1, 0.15) is 11.2 Å². The molecule has 2 N–H and O–H groups in total. The molecule has 1 saturated carbocycles. The van der Waals surface area contributed by atoms with Gasteiger partial charge in [0.15, 0.2) is 0 Å². The highest BCUT2D eigenvalue weighted by Gasteiger charge is 2.57. The second-order valence-electron chi connectivity index (χ2n) is 4.55. The van der Waals surface area contributed by atoms with Crippen LogP contribution in [0.15, 0.2) is 22.8 Å². The first-order chi connectivity index (χ1) is 8.04. The summed E-state index contributed by atoms with van der Waals surface area (Å²) in [5, 5.41) is 11.7. The molecule has 1 heterocycles. The summed E-state index contributed by atoms with van der Waals surface area (Å²) < 4.78 is 5.17. The number of hydrogen-bond acceptors (Lipinski definition) is 3. The van der Waals surface area contributed by atoms with Crippen LogP contribution in [0.2, 0.25) is 0 Å². The number of rotatable bonds is 5. The maximum Gasteiger partial charge on any atom is 0.319 e. The molecule has 2 rings (SSSR count). The molecule has 1 atom stereocenters.